The Morgan fingerprint density at radius 3 is 2.38 bits per heavy atom. The molecule has 0 aliphatic carbocycles. The number of hydrogen-bond donors (Lipinski definition) is 5. The summed E-state index contributed by atoms with van der Waals surface area (Å²) in [6, 6.07) is 26.4. The summed E-state index contributed by atoms with van der Waals surface area (Å²) >= 11 is 0. The lowest BCUT2D eigenvalue weighted by atomic mass is 9.99. The van der Waals surface area contributed by atoms with E-state index < -0.39 is 5.97 Å². The highest BCUT2D eigenvalue weighted by Gasteiger charge is 2.14. The van der Waals surface area contributed by atoms with Gasteiger partial charge in [-0.05, 0) is 65.2 Å². The number of carboxylic acid groups (broad SMARTS) is 1. The number of anilines is 1. The molecule has 5 aromatic rings. The van der Waals surface area contributed by atoms with E-state index in [0.717, 1.165) is 22.2 Å². The van der Waals surface area contributed by atoms with Crippen LogP contribution in [0.15, 0.2) is 91.0 Å². The molecular weight excluding hydrogens is 494 g/mol. The highest BCUT2D eigenvalue weighted by molar-refractivity contribution is 6.05. The number of aromatic amines is 1. The van der Waals surface area contributed by atoms with Gasteiger partial charge in [-0.3, -0.25) is 10.2 Å². The first kappa shape index (κ1) is 25.4. The first-order chi connectivity index (χ1) is 18.9. The molecule has 0 aliphatic heterocycles. The number of nitrogens with one attached hydrogen (secondary N) is 3. The molecule has 9 nitrogen and oxygen atoms in total. The summed E-state index contributed by atoms with van der Waals surface area (Å²) in [5, 5.41) is 19.9. The summed E-state index contributed by atoms with van der Waals surface area (Å²) in [4.78, 5) is 32.4. The number of amides is 1. The summed E-state index contributed by atoms with van der Waals surface area (Å²) in [6.07, 6.45) is 0. The van der Waals surface area contributed by atoms with E-state index in [0.29, 0.717) is 28.2 Å². The van der Waals surface area contributed by atoms with Gasteiger partial charge in [0, 0.05) is 16.8 Å². The number of nitrogen functional groups attached to an aromatic ring is 1. The standard InChI is InChI=1S/C30H25N5O4/c31-28(32)18-9-12-21(13-10-18)33-29(36)23-7-2-1-5-20(23)16-39-17-27-34-25-14-11-19(15-26(25)35-27)22-6-3-4-8-24(22)30(37)38/h1-15H,16-17H2,(H3,31,32)(H,33,36)(H,34,35)(H,37,38). The Hall–Kier alpha value is -5.28. The SMILES string of the molecule is N=C(N)c1ccc(NC(=O)c2ccccc2COCc2nc3ccc(-c4ccccc4C(=O)O)cc3[nH]2)cc1. The van der Waals surface area contributed by atoms with Crippen molar-refractivity contribution in [2.24, 2.45) is 5.73 Å². The fourth-order valence-corrected chi connectivity index (χ4v) is 4.28. The number of nitrogens with two attached hydrogens (primary N) is 1. The predicted molar refractivity (Wildman–Crippen MR) is 149 cm³/mol. The summed E-state index contributed by atoms with van der Waals surface area (Å²) in [7, 11) is 0. The van der Waals surface area contributed by atoms with Crippen LogP contribution in [0.3, 0.4) is 0 Å². The van der Waals surface area contributed by atoms with Gasteiger partial charge in [0.05, 0.1) is 23.2 Å². The zero-order valence-corrected chi connectivity index (χ0v) is 20.8. The number of nitrogens with zero attached hydrogens (tertiary/aromatic N) is 1. The molecule has 0 bridgehead atoms. The van der Waals surface area contributed by atoms with Crippen LogP contribution in [0.5, 0.6) is 0 Å². The molecule has 1 heterocycles. The molecule has 1 aromatic heterocycles. The number of carbonyl (C=O) groups excluding carboxylic acids is 1. The Labute approximate surface area is 223 Å². The minimum atomic E-state index is -0.982. The minimum Gasteiger partial charge on any atom is -0.478 e. The smallest absolute Gasteiger partial charge is 0.336 e. The summed E-state index contributed by atoms with van der Waals surface area (Å²) in [5.41, 5.74) is 11.0. The van der Waals surface area contributed by atoms with Crippen molar-refractivity contribution >= 4 is 34.4 Å². The molecule has 4 aromatic carbocycles. The highest BCUT2D eigenvalue weighted by atomic mass is 16.5. The fraction of sp³-hybridized carbons (Fsp3) is 0.0667. The third-order valence-electron chi connectivity index (χ3n) is 6.21. The number of hydrogen-bond acceptors (Lipinski definition) is 5. The second-order valence-electron chi connectivity index (χ2n) is 8.86. The van der Waals surface area contributed by atoms with Crippen molar-refractivity contribution < 1.29 is 19.4 Å². The van der Waals surface area contributed by atoms with Gasteiger partial charge in [0.2, 0.25) is 0 Å². The van der Waals surface area contributed by atoms with Crippen LogP contribution < -0.4 is 11.1 Å². The Bertz CT molecular complexity index is 1690. The Balaban J connectivity index is 1.26. The van der Waals surface area contributed by atoms with Gasteiger partial charge in [-0.15, -0.1) is 0 Å². The quantitative estimate of drug-likeness (QED) is 0.134. The fourth-order valence-electron chi connectivity index (χ4n) is 4.28. The zero-order chi connectivity index (χ0) is 27.4. The van der Waals surface area contributed by atoms with E-state index in [9.17, 15) is 14.7 Å². The van der Waals surface area contributed by atoms with Crippen molar-refractivity contribution in [2.75, 3.05) is 5.32 Å². The molecule has 9 heteroatoms. The van der Waals surface area contributed by atoms with Crippen LogP contribution in [0, 0.1) is 5.41 Å². The van der Waals surface area contributed by atoms with Crippen molar-refractivity contribution in [3.8, 4) is 11.1 Å². The molecule has 194 valence electrons. The largest absolute Gasteiger partial charge is 0.478 e. The molecule has 0 fully saturated rings. The molecule has 0 spiro atoms. The van der Waals surface area contributed by atoms with Crippen LogP contribution in [-0.4, -0.2) is 32.8 Å². The van der Waals surface area contributed by atoms with Crippen LogP contribution >= 0.6 is 0 Å². The van der Waals surface area contributed by atoms with Gasteiger partial charge < -0.3 is 25.9 Å². The molecule has 6 N–H and O–H groups in total. The van der Waals surface area contributed by atoms with E-state index in [-0.39, 0.29) is 30.5 Å². The second-order valence-corrected chi connectivity index (χ2v) is 8.86. The van der Waals surface area contributed by atoms with E-state index in [4.69, 9.17) is 15.9 Å². The van der Waals surface area contributed by atoms with Crippen molar-refractivity contribution in [2.45, 2.75) is 13.2 Å². The summed E-state index contributed by atoms with van der Waals surface area (Å²) < 4.78 is 5.89. The number of ether oxygens (including phenoxy) is 1. The number of H-pyrrole nitrogens is 1. The average Bonchev–Trinajstić information content (AvgIpc) is 3.35. The Morgan fingerprint density at radius 2 is 1.64 bits per heavy atom. The molecule has 0 saturated heterocycles. The number of rotatable bonds is 9. The normalized spacial score (nSPS) is 10.9. The topological polar surface area (TPSA) is 154 Å². The number of fused-ring (bicyclic) bond motifs is 1. The number of imidazole rings is 1. The van der Waals surface area contributed by atoms with Crippen LogP contribution in [-0.2, 0) is 18.0 Å². The number of aromatic nitrogens is 2. The monoisotopic (exact) mass is 519 g/mol. The number of amidine groups is 1. The lowest BCUT2D eigenvalue weighted by Gasteiger charge is -2.11. The van der Waals surface area contributed by atoms with Gasteiger partial charge in [-0.25, -0.2) is 9.78 Å². The zero-order valence-electron chi connectivity index (χ0n) is 20.8. The number of aromatic carboxylic acids is 1. The molecule has 0 unspecified atom stereocenters. The van der Waals surface area contributed by atoms with Crippen LogP contribution in [0.2, 0.25) is 0 Å². The Kier molecular flexibility index (Phi) is 7.15. The van der Waals surface area contributed by atoms with Crippen molar-refractivity contribution in [3.05, 3.63) is 119 Å². The number of carbonyl (C=O) groups is 2. The number of benzene rings is 4. The van der Waals surface area contributed by atoms with Crippen LogP contribution in [0.4, 0.5) is 5.69 Å². The van der Waals surface area contributed by atoms with E-state index >= 15 is 0 Å². The van der Waals surface area contributed by atoms with E-state index in [1.807, 2.05) is 30.3 Å². The molecule has 5 rings (SSSR count). The van der Waals surface area contributed by atoms with Gasteiger partial charge in [0.15, 0.2) is 0 Å². The van der Waals surface area contributed by atoms with Crippen LogP contribution in [0.25, 0.3) is 22.2 Å². The van der Waals surface area contributed by atoms with Gasteiger partial charge in [0.25, 0.3) is 5.91 Å². The maximum Gasteiger partial charge on any atom is 0.336 e. The third-order valence-corrected chi connectivity index (χ3v) is 6.21. The maximum absolute atomic E-state index is 12.9. The molecule has 1 amide bonds. The molecule has 0 saturated carbocycles. The Morgan fingerprint density at radius 1 is 0.923 bits per heavy atom. The van der Waals surface area contributed by atoms with Crippen molar-refractivity contribution in [3.63, 3.8) is 0 Å². The predicted octanol–water partition coefficient (Wildman–Crippen LogP) is 5.18. The van der Waals surface area contributed by atoms with Crippen molar-refractivity contribution in [1.82, 2.24) is 9.97 Å². The second kappa shape index (κ2) is 11.0. The highest BCUT2D eigenvalue weighted by Crippen LogP contribution is 2.27. The third kappa shape index (κ3) is 5.68. The van der Waals surface area contributed by atoms with E-state index in [2.05, 4.69) is 15.3 Å². The molecule has 0 atom stereocenters. The van der Waals surface area contributed by atoms with E-state index in [1.54, 1.807) is 60.7 Å². The van der Waals surface area contributed by atoms with Gasteiger partial charge in [-0.1, -0.05) is 42.5 Å². The number of carboxylic acids is 1. The summed E-state index contributed by atoms with van der Waals surface area (Å²) in [6.45, 7) is 0.388. The molecular formula is C30H25N5O4. The maximum atomic E-state index is 12.9. The first-order valence-electron chi connectivity index (χ1n) is 12.1. The molecule has 39 heavy (non-hydrogen) atoms. The first-order valence-corrected chi connectivity index (χ1v) is 12.1. The van der Waals surface area contributed by atoms with Gasteiger partial charge in [0.1, 0.15) is 18.3 Å². The molecule has 0 aliphatic rings. The lowest BCUT2D eigenvalue weighted by Crippen LogP contribution is -2.15. The van der Waals surface area contributed by atoms with E-state index in [1.165, 1.54) is 0 Å². The summed E-state index contributed by atoms with van der Waals surface area (Å²) in [5.74, 6) is -0.683. The average molecular weight is 520 g/mol. The molecule has 0 radical (unpaired) electrons. The van der Waals surface area contributed by atoms with Crippen LogP contribution in [0.1, 0.15) is 37.7 Å². The van der Waals surface area contributed by atoms with Crippen molar-refractivity contribution in [1.29, 1.82) is 5.41 Å². The van der Waals surface area contributed by atoms with Gasteiger partial charge >= 0.3 is 5.97 Å². The minimum absolute atomic E-state index is 0.0382. The lowest BCUT2D eigenvalue weighted by molar-refractivity contribution is 0.0697. The van der Waals surface area contributed by atoms with Gasteiger partial charge in [-0.2, -0.15) is 0 Å².